The van der Waals surface area contributed by atoms with Crippen LogP contribution in [0.3, 0.4) is 0 Å². The number of carboxylic acids is 1. The number of carbonyl (C=O) groups is 2. The van der Waals surface area contributed by atoms with E-state index in [9.17, 15) is 19.8 Å². The van der Waals surface area contributed by atoms with Crippen LogP contribution < -0.4 is 4.90 Å². The van der Waals surface area contributed by atoms with Crippen molar-refractivity contribution < 1.29 is 19.8 Å². The molecule has 0 radical (unpaired) electrons. The van der Waals surface area contributed by atoms with Gasteiger partial charge in [0.1, 0.15) is 0 Å². The molecule has 0 spiro atoms. The number of fused-ring (bicyclic) bond motifs is 9. The first-order chi connectivity index (χ1) is 25.7. The summed E-state index contributed by atoms with van der Waals surface area (Å²) in [7, 11) is 4.23. The van der Waals surface area contributed by atoms with Crippen molar-refractivity contribution in [1.82, 2.24) is 4.90 Å². The van der Waals surface area contributed by atoms with Crippen LogP contribution in [0.5, 0.6) is 0 Å². The highest BCUT2D eigenvalue weighted by molar-refractivity contribution is 7.99. The molecule has 300 valence electrons. The Morgan fingerprint density at radius 3 is 2.31 bits per heavy atom. The lowest BCUT2D eigenvalue weighted by molar-refractivity contribution is -0.202. The van der Waals surface area contributed by atoms with Gasteiger partial charge in [0.25, 0.3) is 0 Å². The number of ketones is 1. The van der Waals surface area contributed by atoms with E-state index in [2.05, 4.69) is 102 Å². The Labute approximate surface area is 339 Å². The maximum absolute atomic E-state index is 14.2. The zero-order valence-corrected chi connectivity index (χ0v) is 36.4. The first-order valence-corrected chi connectivity index (χ1v) is 22.1. The molecular formula is C47H65ClN2O4S. The summed E-state index contributed by atoms with van der Waals surface area (Å²) in [5, 5.41) is 21.7. The zero-order chi connectivity index (χ0) is 39.9. The standard InChI is InChI=1S/C30H46O4.C17H19ClN2S/c1-25(2)21-8-11-30(7)23(28(21,5)10-9-22(25)32)20(31)16-18-19-17-27(4,24(33)34)13-12-26(19,3)14-15-29(18,30)6;1-19(2)10-5-11-20-14-6-3-4-7-16(14)21-17-9-8-13(18)12-15(17)20/h16,19,21-23,32H,8-15,17H2,1-7H3,(H,33,34);3-4,6-9,12H,5,10-11H2,1-2H3. The van der Waals surface area contributed by atoms with Crippen molar-refractivity contribution >= 4 is 46.5 Å². The largest absolute Gasteiger partial charge is 0.481 e. The number of hydrogen-bond acceptors (Lipinski definition) is 6. The minimum absolute atomic E-state index is 0.0296. The van der Waals surface area contributed by atoms with Gasteiger partial charge in [0.2, 0.25) is 0 Å². The lowest BCUT2D eigenvalue weighted by atomic mass is 9.33. The van der Waals surface area contributed by atoms with Crippen molar-refractivity contribution in [2.24, 2.45) is 50.2 Å². The third kappa shape index (κ3) is 6.54. The van der Waals surface area contributed by atoms with Crippen LogP contribution in [0.25, 0.3) is 0 Å². The Hall–Kier alpha value is -2.32. The van der Waals surface area contributed by atoms with Gasteiger partial charge in [-0.2, -0.15) is 0 Å². The van der Waals surface area contributed by atoms with Gasteiger partial charge in [-0.05, 0) is 167 Å². The van der Waals surface area contributed by atoms with Crippen molar-refractivity contribution in [3.8, 4) is 0 Å². The zero-order valence-electron chi connectivity index (χ0n) is 34.8. The van der Waals surface area contributed by atoms with Crippen molar-refractivity contribution in [2.45, 2.75) is 129 Å². The number of benzene rings is 2. The summed E-state index contributed by atoms with van der Waals surface area (Å²) in [5.74, 6) is 0.0603. The molecule has 6 nitrogen and oxygen atoms in total. The molecule has 0 saturated heterocycles. The second-order valence-corrected chi connectivity index (χ2v) is 21.9. The molecule has 4 saturated carbocycles. The smallest absolute Gasteiger partial charge is 0.309 e. The number of carbonyl (C=O) groups excluding carboxylic acids is 1. The molecule has 2 aromatic rings. The van der Waals surface area contributed by atoms with E-state index in [0.29, 0.717) is 12.3 Å². The number of anilines is 2. The molecule has 2 aromatic carbocycles. The van der Waals surface area contributed by atoms with Crippen molar-refractivity contribution in [2.75, 3.05) is 32.1 Å². The number of allylic oxidation sites excluding steroid dienone is 2. The Morgan fingerprint density at radius 1 is 0.909 bits per heavy atom. The quantitative estimate of drug-likeness (QED) is 0.312. The van der Waals surface area contributed by atoms with Gasteiger partial charge in [0.05, 0.1) is 22.9 Å². The number of rotatable bonds is 5. The van der Waals surface area contributed by atoms with Crippen molar-refractivity contribution in [3.05, 3.63) is 59.1 Å². The molecule has 8 rings (SSSR count). The lowest BCUT2D eigenvalue weighted by Crippen LogP contribution is -2.66. The number of carboxylic acid groups (broad SMARTS) is 1. The summed E-state index contributed by atoms with van der Waals surface area (Å²) >= 11 is 8.03. The molecule has 0 amide bonds. The molecule has 0 bridgehead atoms. The number of halogens is 1. The predicted octanol–water partition coefficient (Wildman–Crippen LogP) is 11.3. The van der Waals surface area contributed by atoms with Crippen molar-refractivity contribution in [3.63, 3.8) is 0 Å². The molecule has 8 heteroatoms. The van der Waals surface area contributed by atoms with E-state index < -0.39 is 11.4 Å². The van der Waals surface area contributed by atoms with Crippen LogP contribution >= 0.6 is 23.4 Å². The van der Waals surface area contributed by atoms with E-state index in [0.717, 1.165) is 75.9 Å². The summed E-state index contributed by atoms with van der Waals surface area (Å²) in [6, 6.07) is 14.8. The number of aliphatic hydroxyl groups is 1. The number of para-hydroxylation sites is 1. The number of aliphatic hydroxyl groups excluding tert-OH is 1. The molecular weight excluding hydrogens is 724 g/mol. The van der Waals surface area contributed by atoms with Crippen LogP contribution in [0.15, 0.2) is 63.9 Å². The molecule has 4 fully saturated rings. The number of hydrogen-bond donors (Lipinski definition) is 2. The van der Waals surface area contributed by atoms with Crippen LogP contribution in [0, 0.1) is 50.2 Å². The van der Waals surface area contributed by atoms with Crippen LogP contribution in [-0.2, 0) is 9.59 Å². The lowest BCUT2D eigenvalue weighted by Gasteiger charge is -2.70. The average Bonchev–Trinajstić information content (AvgIpc) is 3.11. The van der Waals surface area contributed by atoms with E-state index in [4.69, 9.17) is 11.6 Å². The number of aliphatic carboxylic acids is 1. The second-order valence-electron chi connectivity index (χ2n) is 20.4. The fourth-order valence-corrected chi connectivity index (χ4v) is 14.2. The molecule has 9 atom stereocenters. The van der Waals surface area contributed by atoms with E-state index in [-0.39, 0.29) is 50.8 Å². The minimum atomic E-state index is -0.711. The maximum Gasteiger partial charge on any atom is 0.309 e. The summed E-state index contributed by atoms with van der Waals surface area (Å²) in [5.41, 5.74) is 2.66. The minimum Gasteiger partial charge on any atom is -0.481 e. The Balaban J connectivity index is 0.000000190. The molecule has 2 N–H and O–H groups in total. The Bertz CT molecular complexity index is 1880. The molecule has 1 heterocycles. The summed E-state index contributed by atoms with van der Waals surface area (Å²) in [6.45, 7) is 17.9. The van der Waals surface area contributed by atoms with Crippen LogP contribution in [0.1, 0.15) is 113 Å². The molecule has 9 unspecified atom stereocenters. The van der Waals surface area contributed by atoms with Crippen molar-refractivity contribution in [1.29, 1.82) is 0 Å². The average molecular weight is 790 g/mol. The molecule has 5 aliphatic carbocycles. The highest BCUT2D eigenvalue weighted by atomic mass is 35.5. The van der Waals surface area contributed by atoms with Gasteiger partial charge < -0.3 is 20.0 Å². The number of nitrogens with zero attached hydrogens (tertiary/aromatic N) is 2. The highest BCUT2D eigenvalue weighted by Crippen LogP contribution is 2.75. The third-order valence-corrected chi connectivity index (χ3v) is 18.0. The van der Waals surface area contributed by atoms with E-state index >= 15 is 0 Å². The van der Waals surface area contributed by atoms with Gasteiger partial charge in [-0.25, -0.2) is 0 Å². The van der Waals surface area contributed by atoms with Gasteiger partial charge in [-0.15, -0.1) is 0 Å². The van der Waals surface area contributed by atoms with Gasteiger partial charge in [0, 0.05) is 27.3 Å². The van der Waals surface area contributed by atoms with E-state index in [1.54, 1.807) is 0 Å². The fraction of sp³-hybridized carbons (Fsp3) is 0.660. The Morgan fingerprint density at radius 2 is 1.60 bits per heavy atom. The van der Waals surface area contributed by atoms with E-state index in [1.165, 1.54) is 26.7 Å². The SMILES string of the molecule is CC1(C(=O)O)CCC2(C)CCC3(C)C(=CC(=O)C4C5(C)CCC(O)C(C)(C)C5CCC43C)C2C1.CN(C)CCCN1c2ccccc2Sc2ccc(Cl)cc21. The highest BCUT2D eigenvalue weighted by Gasteiger charge is 2.70. The van der Waals surface area contributed by atoms with Gasteiger partial charge in [-0.3, -0.25) is 9.59 Å². The first-order valence-electron chi connectivity index (χ1n) is 20.9. The molecule has 1 aliphatic heterocycles. The van der Waals surface area contributed by atoms with Gasteiger partial charge in [-0.1, -0.05) is 82.6 Å². The maximum atomic E-state index is 14.2. The first kappa shape index (κ1) is 40.9. The fourth-order valence-electron chi connectivity index (χ4n) is 13.0. The summed E-state index contributed by atoms with van der Waals surface area (Å²) < 4.78 is 0. The van der Waals surface area contributed by atoms with Crippen LogP contribution in [-0.4, -0.2) is 60.2 Å². The van der Waals surface area contributed by atoms with Crippen LogP contribution in [0.2, 0.25) is 5.02 Å². The predicted molar refractivity (Wildman–Crippen MR) is 225 cm³/mol. The summed E-state index contributed by atoms with van der Waals surface area (Å²) in [4.78, 5) is 33.7. The third-order valence-electron chi connectivity index (χ3n) is 16.6. The normalized spacial score (nSPS) is 38.5. The summed E-state index contributed by atoms with van der Waals surface area (Å²) in [6.07, 6.45) is 11.1. The van der Waals surface area contributed by atoms with Gasteiger partial charge in [0.15, 0.2) is 5.78 Å². The molecule has 55 heavy (non-hydrogen) atoms. The topological polar surface area (TPSA) is 81.1 Å². The monoisotopic (exact) mass is 788 g/mol. The van der Waals surface area contributed by atoms with Gasteiger partial charge >= 0.3 is 5.97 Å². The second kappa shape index (κ2) is 14.2. The molecule has 6 aliphatic rings. The Kier molecular flexibility index (Phi) is 10.6. The molecule has 0 aromatic heterocycles. The van der Waals surface area contributed by atoms with Crippen LogP contribution in [0.4, 0.5) is 11.4 Å². The van der Waals surface area contributed by atoms with E-state index in [1.807, 2.05) is 30.8 Å².